The van der Waals surface area contributed by atoms with Crippen LogP contribution >= 0.6 is 11.6 Å². The maximum absolute atomic E-state index is 14.0. The maximum Gasteiger partial charge on any atom is 0.228 e. The summed E-state index contributed by atoms with van der Waals surface area (Å²) in [6.45, 7) is 9.08. The van der Waals surface area contributed by atoms with E-state index >= 15 is 0 Å². The molecule has 0 aromatic carbocycles. The lowest BCUT2D eigenvalue weighted by Crippen LogP contribution is -2.63. The molecule has 4 nitrogen and oxygen atoms in total. The van der Waals surface area contributed by atoms with Crippen LogP contribution in [-0.2, 0) is 14.4 Å². The molecule has 4 fully saturated rings. The van der Waals surface area contributed by atoms with Crippen LogP contribution in [0.4, 0.5) is 0 Å². The summed E-state index contributed by atoms with van der Waals surface area (Å²) in [6, 6.07) is 2.13. The molecule has 5 heteroatoms. The van der Waals surface area contributed by atoms with Gasteiger partial charge in [0.05, 0.1) is 5.57 Å². The van der Waals surface area contributed by atoms with Crippen molar-refractivity contribution in [2.24, 2.45) is 51.2 Å². The first-order valence-corrected chi connectivity index (χ1v) is 13.1. The molecule has 0 aromatic heterocycles. The van der Waals surface area contributed by atoms with Crippen molar-refractivity contribution in [3.63, 3.8) is 0 Å². The Morgan fingerprint density at radius 1 is 1.03 bits per heavy atom. The van der Waals surface area contributed by atoms with E-state index in [-0.39, 0.29) is 68.2 Å². The normalized spacial score (nSPS) is 48.4. The molecule has 0 N–H and O–H groups in total. The monoisotopic (exact) mass is 469 g/mol. The molecule has 33 heavy (non-hydrogen) atoms. The Hall–Kier alpha value is -1.47. The van der Waals surface area contributed by atoms with Crippen LogP contribution < -0.4 is 0 Å². The summed E-state index contributed by atoms with van der Waals surface area (Å²) < 4.78 is 0. The third kappa shape index (κ3) is 3.10. The second-order valence-electron chi connectivity index (χ2n) is 13.2. The molecule has 8 unspecified atom stereocenters. The summed E-state index contributed by atoms with van der Waals surface area (Å²) >= 11 is 6.30. The highest BCUT2D eigenvalue weighted by atomic mass is 35.5. The Balaban J connectivity index is 1.58. The number of hydrogen-bond acceptors (Lipinski definition) is 4. The van der Waals surface area contributed by atoms with Gasteiger partial charge in [0.15, 0.2) is 5.78 Å². The van der Waals surface area contributed by atoms with Crippen LogP contribution in [0.3, 0.4) is 0 Å². The van der Waals surface area contributed by atoms with Crippen molar-refractivity contribution in [3.8, 4) is 6.07 Å². The molecule has 0 radical (unpaired) electrons. The molecular weight excluding hydrogens is 434 g/mol. The van der Waals surface area contributed by atoms with Crippen molar-refractivity contribution in [1.82, 2.24) is 0 Å². The molecule has 0 aliphatic heterocycles. The van der Waals surface area contributed by atoms with Crippen LogP contribution in [-0.4, -0.2) is 16.8 Å². The second kappa shape index (κ2) is 7.27. The fraction of sp³-hybridized carbons (Fsp3) is 0.786. The van der Waals surface area contributed by atoms with Gasteiger partial charge in [0.25, 0.3) is 0 Å². The number of Topliss-reactive ketones (excluding diaryl/α,β-unsaturated/α-hetero) is 2. The Morgan fingerprint density at radius 3 is 2.42 bits per heavy atom. The van der Waals surface area contributed by atoms with Crippen molar-refractivity contribution >= 4 is 28.4 Å². The molecule has 5 rings (SSSR count). The standard InChI is InChI=1S/C28H36ClNO3/c1-25(2)9-10-28(24(29)33)8-6-18-23(19(28)14-25)21(32)12-22-26(18,3)7-5-17-11-20(31)16(15-30)13-27(17,22)4/h13,17-19,22-23H,5-12,14H2,1-4H3. The number of nitriles is 1. The van der Waals surface area contributed by atoms with Crippen molar-refractivity contribution in [2.45, 2.75) is 85.5 Å². The van der Waals surface area contributed by atoms with Crippen LogP contribution in [0.1, 0.15) is 85.5 Å². The third-order valence-corrected chi connectivity index (χ3v) is 11.7. The van der Waals surface area contributed by atoms with Gasteiger partial charge in [-0.2, -0.15) is 5.26 Å². The summed E-state index contributed by atoms with van der Waals surface area (Å²) in [7, 11) is 0. The number of allylic oxidation sites excluding steroid dienone is 2. The number of rotatable bonds is 1. The quantitative estimate of drug-likeness (QED) is 0.439. The highest BCUT2D eigenvalue weighted by molar-refractivity contribution is 6.64. The average molecular weight is 470 g/mol. The molecule has 0 aromatic rings. The Labute approximate surface area is 202 Å². The first kappa shape index (κ1) is 23.3. The average Bonchev–Trinajstić information content (AvgIpc) is 2.74. The Morgan fingerprint density at radius 2 is 1.76 bits per heavy atom. The van der Waals surface area contributed by atoms with Crippen LogP contribution in [0.15, 0.2) is 11.6 Å². The summed E-state index contributed by atoms with van der Waals surface area (Å²) in [5.41, 5.74) is -0.515. The lowest BCUT2D eigenvalue weighted by atomic mass is 9.37. The smallest absolute Gasteiger partial charge is 0.228 e. The highest BCUT2D eigenvalue weighted by Gasteiger charge is 2.67. The van der Waals surface area contributed by atoms with Gasteiger partial charge in [-0.05, 0) is 96.5 Å². The Kier molecular flexibility index (Phi) is 5.13. The van der Waals surface area contributed by atoms with E-state index < -0.39 is 5.41 Å². The van der Waals surface area contributed by atoms with E-state index in [1.54, 1.807) is 0 Å². The summed E-state index contributed by atoms with van der Waals surface area (Å²) in [5, 5.41) is 9.34. The van der Waals surface area contributed by atoms with E-state index in [0.717, 1.165) is 44.9 Å². The summed E-state index contributed by atoms with van der Waals surface area (Å²) in [4.78, 5) is 39.3. The Bertz CT molecular complexity index is 1010. The molecule has 0 bridgehead atoms. The van der Waals surface area contributed by atoms with Gasteiger partial charge < -0.3 is 0 Å². The minimum Gasteiger partial charge on any atom is -0.299 e. The van der Waals surface area contributed by atoms with E-state index in [0.29, 0.717) is 12.8 Å². The first-order valence-electron chi connectivity index (χ1n) is 12.8. The van der Waals surface area contributed by atoms with Crippen LogP contribution in [0, 0.1) is 62.6 Å². The lowest BCUT2D eigenvalue weighted by Gasteiger charge is -2.66. The van der Waals surface area contributed by atoms with Gasteiger partial charge in [-0.15, -0.1) is 0 Å². The van der Waals surface area contributed by atoms with Crippen molar-refractivity contribution in [1.29, 1.82) is 5.26 Å². The number of hydrogen-bond donors (Lipinski definition) is 0. The molecule has 5 aliphatic rings. The van der Waals surface area contributed by atoms with E-state index in [9.17, 15) is 19.6 Å². The fourth-order valence-corrected chi connectivity index (χ4v) is 9.71. The first-order chi connectivity index (χ1) is 15.4. The number of carbonyl (C=O) groups excluding carboxylic acids is 3. The van der Waals surface area contributed by atoms with Crippen LogP contribution in [0.25, 0.3) is 0 Å². The summed E-state index contributed by atoms with van der Waals surface area (Å²) in [5.74, 6) is 0.732. The number of nitrogens with zero attached hydrogens (tertiary/aromatic N) is 1. The van der Waals surface area contributed by atoms with Gasteiger partial charge in [-0.25, -0.2) is 0 Å². The number of carbonyl (C=O) groups is 3. The molecule has 178 valence electrons. The van der Waals surface area contributed by atoms with E-state index in [1.807, 2.05) is 6.08 Å². The van der Waals surface area contributed by atoms with Crippen molar-refractivity contribution in [2.75, 3.05) is 0 Å². The second-order valence-corrected chi connectivity index (χ2v) is 13.5. The lowest BCUT2D eigenvalue weighted by molar-refractivity contribution is -0.183. The van der Waals surface area contributed by atoms with Gasteiger partial charge in [0.1, 0.15) is 11.9 Å². The van der Waals surface area contributed by atoms with Gasteiger partial charge in [-0.3, -0.25) is 14.4 Å². The number of fused-ring (bicyclic) bond motifs is 7. The topological polar surface area (TPSA) is 75.0 Å². The third-order valence-electron chi connectivity index (χ3n) is 11.3. The zero-order valence-electron chi connectivity index (χ0n) is 20.4. The van der Waals surface area contributed by atoms with Crippen molar-refractivity contribution in [3.05, 3.63) is 11.6 Å². The largest absolute Gasteiger partial charge is 0.299 e. The molecule has 0 spiro atoms. The molecule has 5 aliphatic carbocycles. The zero-order valence-corrected chi connectivity index (χ0v) is 21.1. The van der Waals surface area contributed by atoms with Crippen LogP contribution in [0.5, 0.6) is 0 Å². The molecular formula is C28H36ClNO3. The van der Waals surface area contributed by atoms with E-state index in [1.165, 1.54) is 0 Å². The molecule has 0 amide bonds. The van der Waals surface area contributed by atoms with E-state index in [4.69, 9.17) is 11.6 Å². The van der Waals surface area contributed by atoms with E-state index in [2.05, 4.69) is 33.8 Å². The minimum absolute atomic E-state index is 0.0268. The zero-order chi connectivity index (χ0) is 24.0. The molecule has 0 heterocycles. The molecule has 4 saturated carbocycles. The van der Waals surface area contributed by atoms with Crippen LogP contribution in [0.2, 0.25) is 0 Å². The SMILES string of the molecule is CC1(C)CCC2(C(=O)Cl)CCC3C(C(=O)CC4C5(C)C=C(C#N)C(=O)CC5CCC34C)C2C1. The molecule has 0 saturated heterocycles. The number of ketones is 2. The van der Waals surface area contributed by atoms with Gasteiger partial charge in [0.2, 0.25) is 5.24 Å². The van der Waals surface area contributed by atoms with Gasteiger partial charge >= 0.3 is 0 Å². The highest BCUT2D eigenvalue weighted by Crippen LogP contribution is 2.70. The predicted octanol–water partition coefficient (Wildman–Crippen LogP) is 6.03. The minimum atomic E-state index is -0.552. The fourth-order valence-electron chi connectivity index (χ4n) is 9.38. The predicted molar refractivity (Wildman–Crippen MR) is 126 cm³/mol. The maximum atomic E-state index is 14.0. The van der Waals surface area contributed by atoms with Gasteiger partial charge in [0, 0.05) is 24.2 Å². The van der Waals surface area contributed by atoms with Crippen molar-refractivity contribution < 1.29 is 14.4 Å². The summed E-state index contributed by atoms with van der Waals surface area (Å²) in [6.07, 6.45) is 9.10. The van der Waals surface area contributed by atoms with Gasteiger partial charge in [-0.1, -0.05) is 33.8 Å². The molecule has 8 atom stereocenters. The number of halogens is 1.